The van der Waals surface area contributed by atoms with E-state index in [1.54, 1.807) is 26.5 Å². The number of carboxylic acid groups (broad SMARTS) is 1. The number of hydrogen-bond acceptors (Lipinski definition) is 9. The molecule has 0 bridgehead atoms. The van der Waals surface area contributed by atoms with E-state index in [-0.39, 0.29) is 18.4 Å². The van der Waals surface area contributed by atoms with Gasteiger partial charge in [0.1, 0.15) is 11.5 Å². The van der Waals surface area contributed by atoms with Gasteiger partial charge in [0.15, 0.2) is 5.82 Å². The van der Waals surface area contributed by atoms with Crippen LogP contribution in [0, 0.1) is 5.92 Å². The van der Waals surface area contributed by atoms with E-state index in [1.807, 2.05) is 63.7 Å². The van der Waals surface area contributed by atoms with E-state index in [1.165, 1.54) is 0 Å². The van der Waals surface area contributed by atoms with Crippen LogP contribution >= 0.6 is 11.6 Å². The van der Waals surface area contributed by atoms with Crippen LogP contribution in [0.5, 0.6) is 11.5 Å². The van der Waals surface area contributed by atoms with Gasteiger partial charge in [-0.05, 0) is 17.7 Å². The van der Waals surface area contributed by atoms with Gasteiger partial charge in [0, 0.05) is 81.5 Å². The molecule has 1 fully saturated rings. The molecule has 5 aromatic rings. The number of fused-ring (bicyclic) bond motifs is 2. The van der Waals surface area contributed by atoms with E-state index in [9.17, 15) is 19.8 Å². The first kappa shape index (κ1) is 33.5. The number of β-amino-alcohol motifs (C(OH)–C–C–N with tert-alkyl or cyclic N) is 1. The van der Waals surface area contributed by atoms with Crippen LogP contribution in [0.15, 0.2) is 54.7 Å². The summed E-state index contributed by atoms with van der Waals surface area (Å²) < 4.78 is 15.2. The largest absolute Gasteiger partial charge is 0.496 e. The highest BCUT2D eigenvalue weighted by Crippen LogP contribution is 2.40. The number of ether oxygens (including phenoxy) is 2. The Morgan fingerprint density at radius 3 is 2.46 bits per heavy atom. The zero-order chi connectivity index (χ0) is 35.1. The second-order valence-electron chi connectivity index (χ2n) is 12.6. The number of aliphatic hydroxyl groups is 1. The molecular weight excluding hydrogens is 662 g/mol. The van der Waals surface area contributed by atoms with Gasteiger partial charge in [0.2, 0.25) is 0 Å². The van der Waals surface area contributed by atoms with Crippen LogP contribution in [-0.4, -0.2) is 98.2 Å². The lowest BCUT2D eigenvalue weighted by atomic mass is 9.99. The first-order valence-electron chi connectivity index (χ1n) is 16.4. The number of methoxy groups -OCH3 is 2. The Morgan fingerprint density at radius 2 is 1.76 bits per heavy atom. The van der Waals surface area contributed by atoms with E-state index in [4.69, 9.17) is 26.2 Å². The van der Waals surface area contributed by atoms with Gasteiger partial charge in [-0.3, -0.25) is 19.4 Å². The zero-order valence-corrected chi connectivity index (χ0v) is 28.8. The maximum Gasteiger partial charge on any atom is 0.309 e. The molecule has 0 aliphatic carbocycles. The van der Waals surface area contributed by atoms with Crippen molar-refractivity contribution in [1.29, 1.82) is 0 Å². The summed E-state index contributed by atoms with van der Waals surface area (Å²) in [6.45, 7) is 3.47. The van der Waals surface area contributed by atoms with Gasteiger partial charge >= 0.3 is 5.97 Å². The minimum atomic E-state index is -0.784. The molecule has 1 amide bonds. The number of likely N-dealkylation sites (tertiary alicyclic amines) is 1. The summed E-state index contributed by atoms with van der Waals surface area (Å²) in [4.78, 5) is 33.6. The molecule has 0 saturated carbocycles. The van der Waals surface area contributed by atoms with Crippen molar-refractivity contribution in [2.75, 3.05) is 52.3 Å². The lowest BCUT2D eigenvalue weighted by molar-refractivity contribution is -0.147. The zero-order valence-electron chi connectivity index (χ0n) is 28.0. The second-order valence-corrected chi connectivity index (χ2v) is 13.0. The summed E-state index contributed by atoms with van der Waals surface area (Å²) in [5, 5.41) is 27.6. The van der Waals surface area contributed by atoms with Crippen LogP contribution in [0.1, 0.15) is 27.6 Å². The molecule has 50 heavy (non-hydrogen) atoms. The molecule has 4 heterocycles. The van der Waals surface area contributed by atoms with Gasteiger partial charge in [-0.15, -0.1) is 0 Å². The highest BCUT2D eigenvalue weighted by Gasteiger charge is 2.33. The minimum Gasteiger partial charge on any atom is -0.496 e. The summed E-state index contributed by atoms with van der Waals surface area (Å²) in [5.74, 6) is 0.0199. The minimum absolute atomic E-state index is 0.0769. The molecule has 7 rings (SSSR count). The molecule has 3 N–H and O–H groups in total. The fourth-order valence-electron chi connectivity index (χ4n) is 6.95. The van der Waals surface area contributed by atoms with E-state index in [0.29, 0.717) is 60.8 Å². The molecule has 13 nitrogen and oxygen atoms in total. The molecule has 0 spiro atoms. The quantitative estimate of drug-likeness (QED) is 0.183. The van der Waals surface area contributed by atoms with Gasteiger partial charge in [0.05, 0.1) is 66.1 Å². The molecule has 2 aliphatic rings. The van der Waals surface area contributed by atoms with Gasteiger partial charge in [-0.2, -0.15) is 5.10 Å². The number of aromatic nitrogens is 4. The SMILES string of the molecule is COc1cc(-n2ncc3c(-c4cccc(NC(=O)c5nc6c(n5C)CCN(CCO)C6)c4Cl)cccc32)cc(OC)c1CN1CC(C(=O)O)C1. The third-order valence-electron chi connectivity index (χ3n) is 9.63. The number of aliphatic carboxylic acids is 1. The van der Waals surface area contributed by atoms with E-state index < -0.39 is 5.97 Å². The first-order valence-corrected chi connectivity index (χ1v) is 16.7. The molecule has 260 valence electrons. The predicted molar refractivity (Wildman–Crippen MR) is 188 cm³/mol. The van der Waals surface area contributed by atoms with Crippen LogP contribution < -0.4 is 14.8 Å². The summed E-state index contributed by atoms with van der Waals surface area (Å²) in [7, 11) is 5.04. The van der Waals surface area contributed by atoms with Crippen molar-refractivity contribution >= 4 is 40.1 Å². The van der Waals surface area contributed by atoms with Crippen molar-refractivity contribution < 1.29 is 29.3 Å². The fourth-order valence-corrected chi connectivity index (χ4v) is 7.23. The molecule has 14 heteroatoms. The molecule has 3 aromatic carbocycles. The fraction of sp³-hybridized carbons (Fsp3) is 0.333. The number of amides is 1. The van der Waals surface area contributed by atoms with Gasteiger partial charge in [0.25, 0.3) is 5.91 Å². The summed E-state index contributed by atoms with van der Waals surface area (Å²) >= 11 is 7.01. The average Bonchev–Trinajstić information content (AvgIpc) is 3.68. The van der Waals surface area contributed by atoms with E-state index in [2.05, 4.69) is 15.2 Å². The van der Waals surface area contributed by atoms with Crippen molar-refractivity contribution in [2.24, 2.45) is 13.0 Å². The number of carbonyl (C=O) groups excluding carboxylic acids is 1. The number of nitrogens with one attached hydrogen (secondary N) is 1. The number of carbonyl (C=O) groups is 2. The lowest BCUT2D eigenvalue weighted by Gasteiger charge is -2.37. The first-order chi connectivity index (χ1) is 24.2. The number of hydrogen-bond donors (Lipinski definition) is 3. The third-order valence-corrected chi connectivity index (χ3v) is 10.0. The maximum atomic E-state index is 13.5. The Balaban J connectivity index is 1.17. The Kier molecular flexibility index (Phi) is 9.23. The normalized spacial score (nSPS) is 15.1. The molecule has 0 unspecified atom stereocenters. The molecule has 1 saturated heterocycles. The van der Waals surface area contributed by atoms with Crippen molar-refractivity contribution in [3.8, 4) is 28.3 Å². The number of benzene rings is 3. The highest BCUT2D eigenvalue weighted by molar-refractivity contribution is 6.37. The molecular formula is C36H38ClN7O6. The van der Waals surface area contributed by atoms with Gasteiger partial charge < -0.3 is 29.6 Å². The van der Waals surface area contributed by atoms with Crippen LogP contribution in [0.2, 0.25) is 5.02 Å². The number of halogens is 1. The van der Waals surface area contributed by atoms with Crippen molar-refractivity contribution in [3.05, 3.63) is 82.5 Å². The predicted octanol–water partition coefficient (Wildman–Crippen LogP) is 4.22. The van der Waals surface area contributed by atoms with E-state index in [0.717, 1.165) is 57.6 Å². The van der Waals surface area contributed by atoms with Gasteiger partial charge in [-0.25, -0.2) is 9.67 Å². The van der Waals surface area contributed by atoms with Crippen LogP contribution in [-0.2, 0) is 31.4 Å². The Morgan fingerprint density at radius 1 is 1.04 bits per heavy atom. The molecule has 2 aromatic heterocycles. The number of nitrogens with zero attached hydrogens (tertiary/aromatic N) is 6. The third kappa shape index (κ3) is 6.06. The van der Waals surface area contributed by atoms with Crippen LogP contribution in [0.25, 0.3) is 27.7 Å². The summed E-state index contributed by atoms with van der Waals surface area (Å²) in [6, 6.07) is 15.2. The second kappa shape index (κ2) is 13.8. The van der Waals surface area contributed by atoms with Crippen LogP contribution in [0.4, 0.5) is 5.69 Å². The summed E-state index contributed by atoms with van der Waals surface area (Å²) in [5.41, 5.74) is 6.28. The standard InChI is InChI=1S/C36H38ClN7O6/c1-41-30-10-11-42(12-13-45)20-28(30)39-34(41)35(46)40-27-8-4-7-24(33(27)37)23-6-5-9-29-25(23)16-38-44(29)22-14-31(49-2)26(32(15-22)50-3)19-43-17-21(18-43)36(47)48/h4-9,14-16,21,45H,10-13,17-20H2,1-3H3,(H,40,46)(H,47,48). The number of anilines is 1. The van der Waals surface area contributed by atoms with Crippen molar-refractivity contribution in [3.63, 3.8) is 0 Å². The smallest absolute Gasteiger partial charge is 0.309 e. The number of aliphatic hydroxyl groups excluding tert-OH is 1. The lowest BCUT2D eigenvalue weighted by Crippen LogP contribution is -2.49. The molecule has 0 radical (unpaired) electrons. The van der Waals surface area contributed by atoms with E-state index >= 15 is 0 Å². The Labute approximate surface area is 293 Å². The van der Waals surface area contributed by atoms with Crippen LogP contribution in [0.3, 0.4) is 0 Å². The Hall–Kier alpha value is -4.95. The maximum absolute atomic E-state index is 13.5. The number of imidazole rings is 1. The number of rotatable bonds is 11. The molecule has 2 aliphatic heterocycles. The average molecular weight is 700 g/mol. The van der Waals surface area contributed by atoms with Gasteiger partial charge in [-0.1, -0.05) is 35.9 Å². The monoisotopic (exact) mass is 699 g/mol. The molecule has 0 atom stereocenters. The highest BCUT2D eigenvalue weighted by atomic mass is 35.5. The van der Waals surface area contributed by atoms with Crippen molar-refractivity contribution in [1.82, 2.24) is 29.1 Å². The number of carboxylic acids is 1. The topological polar surface area (TPSA) is 147 Å². The Bertz CT molecular complexity index is 2080. The van der Waals surface area contributed by atoms with Crippen molar-refractivity contribution in [2.45, 2.75) is 19.5 Å². The summed E-state index contributed by atoms with van der Waals surface area (Å²) in [6.07, 6.45) is 2.53.